The van der Waals surface area contributed by atoms with E-state index in [0.29, 0.717) is 6.07 Å². The van der Waals surface area contributed by atoms with Crippen molar-refractivity contribution in [3.63, 3.8) is 0 Å². The highest BCUT2D eigenvalue weighted by Crippen LogP contribution is 2.30. The number of carboxylic acids is 1. The Morgan fingerprint density at radius 1 is 1.35 bits per heavy atom. The van der Waals surface area contributed by atoms with E-state index < -0.39 is 17.7 Å². The molecule has 0 aromatic heterocycles. The van der Waals surface area contributed by atoms with Gasteiger partial charge in [0.15, 0.2) is 0 Å². The molecule has 0 atom stereocenters. The summed E-state index contributed by atoms with van der Waals surface area (Å²) in [6, 6.07) is 2.33. The van der Waals surface area contributed by atoms with Crippen LogP contribution in [0.2, 0.25) is 0 Å². The molecule has 1 aromatic carbocycles. The Hall–Kier alpha value is -1.82. The van der Waals surface area contributed by atoms with Gasteiger partial charge in [-0.05, 0) is 23.8 Å². The van der Waals surface area contributed by atoms with Crippen molar-refractivity contribution in [2.75, 3.05) is 6.61 Å². The Kier molecular flexibility index (Phi) is 3.90. The normalized spacial score (nSPS) is 12.0. The lowest BCUT2D eigenvalue weighted by Crippen LogP contribution is -2.07. The third-order valence-corrected chi connectivity index (χ3v) is 2.01. The average molecular weight is 246 g/mol. The van der Waals surface area contributed by atoms with Crippen molar-refractivity contribution in [2.24, 2.45) is 0 Å². The highest BCUT2D eigenvalue weighted by atomic mass is 19.4. The number of rotatable bonds is 3. The molecular formula is C11H9F3O3. The highest BCUT2D eigenvalue weighted by molar-refractivity contribution is 5.92. The summed E-state index contributed by atoms with van der Waals surface area (Å²) in [6.45, 7) is -0.380. The van der Waals surface area contributed by atoms with Crippen molar-refractivity contribution in [1.29, 1.82) is 0 Å². The van der Waals surface area contributed by atoms with Crippen molar-refractivity contribution in [1.82, 2.24) is 0 Å². The molecule has 0 aliphatic heterocycles. The SMILES string of the molecule is O=C(O)c1ccc(C(F)(F)F)cc1C=CCO. The predicted molar refractivity (Wildman–Crippen MR) is 54.5 cm³/mol. The highest BCUT2D eigenvalue weighted by Gasteiger charge is 2.31. The Morgan fingerprint density at radius 2 is 2.00 bits per heavy atom. The van der Waals surface area contributed by atoms with Crippen LogP contribution in [0.15, 0.2) is 24.3 Å². The molecule has 92 valence electrons. The van der Waals surface area contributed by atoms with E-state index >= 15 is 0 Å². The van der Waals surface area contributed by atoms with Crippen molar-refractivity contribution in [3.05, 3.63) is 41.0 Å². The first-order valence-corrected chi connectivity index (χ1v) is 4.58. The molecule has 1 aromatic rings. The molecule has 0 saturated carbocycles. The molecule has 6 heteroatoms. The fourth-order valence-corrected chi connectivity index (χ4v) is 1.25. The molecular weight excluding hydrogens is 237 g/mol. The lowest BCUT2D eigenvalue weighted by molar-refractivity contribution is -0.137. The molecule has 0 spiro atoms. The number of aliphatic hydroxyl groups excluding tert-OH is 1. The summed E-state index contributed by atoms with van der Waals surface area (Å²) in [5.41, 5.74) is -1.27. The van der Waals surface area contributed by atoms with Gasteiger partial charge in [0.2, 0.25) is 0 Å². The lowest BCUT2D eigenvalue weighted by atomic mass is 10.0. The van der Waals surface area contributed by atoms with Crippen molar-refractivity contribution in [2.45, 2.75) is 6.18 Å². The third kappa shape index (κ3) is 3.32. The van der Waals surface area contributed by atoms with Gasteiger partial charge in [-0.15, -0.1) is 0 Å². The summed E-state index contributed by atoms with van der Waals surface area (Å²) in [5.74, 6) is -1.32. The first-order valence-electron chi connectivity index (χ1n) is 4.58. The molecule has 0 aliphatic rings. The summed E-state index contributed by atoms with van der Waals surface area (Å²) in [7, 11) is 0. The molecule has 17 heavy (non-hydrogen) atoms. The van der Waals surface area contributed by atoms with Gasteiger partial charge in [0.1, 0.15) is 0 Å². The molecule has 0 aliphatic carbocycles. The van der Waals surface area contributed by atoms with E-state index in [1.54, 1.807) is 0 Å². The molecule has 0 unspecified atom stereocenters. The van der Waals surface area contributed by atoms with Crippen LogP contribution in [0.5, 0.6) is 0 Å². The van der Waals surface area contributed by atoms with Crippen LogP contribution in [-0.4, -0.2) is 22.8 Å². The quantitative estimate of drug-likeness (QED) is 0.861. The zero-order valence-corrected chi connectivity index (χ0v) is 8.53. The van der Waals surface area contributed by atoms with E-state index in [0.717, 1.165) is 18.2 Å². The standard InChI is InChI=1S/C11H9F3O3/c12-11(13,14)8-3-4-9(10(16)17)7(6-8)2-1-5-15/h1-4,6,15H,5H2,(H,16,17). The second-order valence-electron chi connectivity index (χ2n) is 3.19. The van der Waals surface area contributed by atoms with Gasteiger partial charge < -0.3 is 10.2 Å². The number of carboxylic acid groups (broad SMARTS) is 1. The maximum absolute atomic E-state index is 12.4. The molecule has 0 saturated heterocycles. The summed E-state index contributed by atoms with van der Waals surface area (Å²) in [5, 5.41) is 17.3. The van der Waals surface area contributed by atoms with Gasteiger partial charge in [-0.2, -0.15) is 13.2 Å². The molecule has 0 heterocycles. The maximum Gasteiger partial charge on any atom is 0.416 e. The Bertz CT molecular complexity index is 450. The van der Waals surface area contributed by atoms with Gasteiger partial charge >= 0.3 is 12.1 Å². The predicted octanol–water partition coefficient (Wildman–Crippen LogP) is 2.41. The topological polar surface area (TPSA) is 57.5 Å². The summed E-state index contributed by atoms with van der Waals surface area (Å²) in [4.78, 5) is 10.8. The van der Waals surface area contributed by atoms with Gasteiger partial charge in [-0.1, -0.05) is 12.2 Å². The summed E-state index contributed by atoms with van der Waals surface area (Å²) in [6.07, 6.45) is -2.22. The monoisotopic (exact) mass is 246 g/mol. The minimum absolute atomic E-state index is 0.0959. The Labute approximate surface area is 94.8 Å². The maximum atomic E-state index is 12.4. The van der Waals surface area contributed by atoms with Gasteiger partial charge in [0.25, 0.3) is 0 Å². The minimum Gasteiger partial charge on any atom is -0.478 e. The lowest BCUT2D eigenvalue weighted by Gasteiger charge is -2.09. The molecule has 0 bridgehead atoms. The average Bonchev–Trinajstić information content (AvgIpc) is 2.24. The van der Waals surface area contributed by atoms with Gasteiger partial charge in [0.05, 0.1) is 17.7 Å². The van der Waals surface area contributed by atoms with E-state index in [1.165, 1.54) is 6.08 Å². The Balaban J connectivity index is 3.29. The largest absolute Gasteiger partial charge is 0.478 e. The number of hydrogen-bond donors (Lipinski definition) is 2. The van der Waals surface area contributed by atoms with Crippen LogP contribution in [0.3, 0.4) is 0 Å². The van der Waals surface area contributed by atoms with Crippen LogP contribution in [0, 0.1) is 0 Å². The zero-order valence-electron chi connectivity index (χ0n) is 8.53. The molecule has 0 radical (unpaired) electrons. The third-order valence-electron chi connectivity index (χ3n) is 2.01. The fraction of sp³-hybridized carbons (Fsp3) is 0.182. The van der Waals surface area contributed by atoms with E-state index in [2.05, 4.69) is 0 Å². The number of benzene rings is 1. The van der Waals surface area contributed by atoms with Crippen LogP contribution in [0.1, 0.15) is 21.5 Å². The zero-order chi connectivity index (χ0) is 13.1. The summed E-state index contributed by atoms with van der Waals surface area (Å²) >= 11 is 0. The minimum atomic E-state index is -4.53. The van der Waals surface area contributed by atoms with Crippen LogP contribution in [0.4, 0.5) is 13.2 Å². The smallest absolute Gasteiger partial charge is 0.416 e. The number of alkyl halides is 3. The number of aromatic carboxylic acids is 1. The molecule has 3 nitrogen and oxygen atoms in total. The van der Waals surface area contributed by atoms with Gasteiger partial charge in [0, 0.05) is 0 Å². The van der Waals surface area contributed by atoms with Crippen LogP contribution in [-0.2, 0) is 6.18 Å². The van der Waals surface area contributed by atoms with Gasteiger partial charge in [-0.3, -0.25) is 0 Å². The number of halogens is 3. The van der Waals surface area contributed by atoms with Crippen molar-refractivity contribution < 1.29 is 28.2 Å². The van der Waals surface area contributed by atoms with E-state index in [4.69, 9.17) is 10.2 Å². The summed E-state index contributed by atoms with van der Waals surface area (Å²) < 4.78 is 37.2. The van der Waals surface area contributed by atoms with E-state index in [9.17, 15) is 18.0 Å². The number of aliphatic hydroxyl groups is 1. The van der Waals surface area contributed by atoms with Crippen molar-refractivity contribution >= 4 is 12.0 Å². The molecule has 2 N–H and O–H groups in total. The van der Waals surface area contributed by atoms with Crippen LogP contribution < -0.4 is 0 Å². The van der Waals surface area contributed by atoms with Crippen molar-refractivity contribution in [3.8, 4) is 0 Å². The molecule has 1 rings (SSSR count). The van der Waals surface area contributed by atoms with E-state index in [1.807, 2.05) is 0 Å². The van der Waals surface area contributed by atoms with Gasteiger partial charge in [-0.25, -0.2) is 4.79 Å². The van der Waals surface area contributed by atoms with Crippen LogP contribution in [0.25, 0.3) is 6.08 Å². The Morgan fingerprint density at radius 3 is 2.47 bits per heavy atom. The fourth-order valence-electron chi connectivity index (χ4n) is 1.25. The second-order valence-corrected chi connectivity index (χ2v) is 3.19. The second kappa shape index (κ2) is 5.01. The first-order chi connectivity index (χ1) is 7.86. The molecule has 0 fully saturated rings. The number of carbonyl (C=O) groups is 1. The first kappa shape index (κ1) is 13.2. The van der Waals surface area contributed by atoms with Crippen LogP contribution >= 0.6 is 0 Å². The molecule has 0 amide bonds. The van der Waals surface area contributed by atoms with E-state index in [-0.39, 0.29) is 17.7 Å². The number of hydrogen-bond acceptors (Lipinski definition) is 2.